The van der Waals surface area contributed by atoms with Crippen LogP contribution in [0.1, 0.15) is 38.3 Å². The number of carbonyl (C=O) groups is 1. The predicted octanol–water partition coefficient (Wildman–Crippen LogP) is 2.91. The van der Waals surface area contributed by atoms with E-state index in [-0.39, 0.29) is 23.8 Å². The van der Waals surface area contributed by atoms with Gasteiger partial charge in [-0.05, 0) is 63.2 Å². The van der Waals surface area contributed by atoms with Crippen molar-refractivity contribution in [2.45, 2.75) is 51.2 Å². The van der Waals surface area contributed by atoms with Crippen LogP contribution in [0.25, 0.3) is 0 Å². The Morgan fingerprint density at radius 3 is 2.32 bits per heavy atom. The van der Waals surface area contributed by atoms with E-state index in [2.05, 4.69) is 41.9 Å². The van der Waals surface area contributed by atoms with Gasteiger partial charge in [-0.3, -0.25) is 9.69 Å². The smallest absolute Gasteiger partial charge is 0.240 e. The Morgan fingerprint density at radius 2 is 1.71 bits per heavy atom. The van der Waals surface area contributed by atoms with Crippen molar-refractivity contribution in [3.63, 3.8) is 0 Å². The first-order valence-corrected chi connectivity index (χ1v) is 12.0. The maximum absolute atomic E-state index is 12.4. The van der Waals surface area contributed by atoms with Crippen LogP contribution in [0.5, 0.6) is 5.75 Å². The second-order valence-corrected chi connectivity index (χ2v) is 9.37. The third-order valence-corrected chi connectivity index (χ3v) is 6.46. The van der Waals surface area contributed by atoms with Crippen molar-refractivity contribution in [3.8, 4) is 5.75 Å². The Kier molecular flexibility index (Phi) is 9.48. The summed E-state index contributed by atoms with van der Waals surface area (Å²) in [5.41, 5.74) is 2.22. The Morgan fingerprint density at radius 1 is 1.06 bits per heavy atom. The lowest BCUT2D eigenvalue weighted by Gasteiger charge is -2.22. The van der Waals surface area contributed by atoms with Crippen molar-refractivity contribution < 1.29 is 17.9 Å². The zero-order valence-electron chi connectivity index (χ0n) is 18.7. The summed E-state index contributed by atoms with van der Waals surface area (Å²) >= 11 is 0. The van der Waals surface area contributed by atoms with Gasteiger partial charge in [0.1, 0.15) is 5.75 Å². The number of nitrogens with zero attached hydrogens (tertiary/aromatic N) is 1. The fourth-order valence-electron chi connectivity index (χ4n) is 2.88. The number of rotatable bonds is 12. The Labute approximate surface area is 185 Å². The van der Waals surface area contributed by atoms with Gasteiger partial charge in [0.15, 0.2) is 0 Å². The van der Waals surface area contributed by atoms with Crippen LogP contribution in [0.2, 0.25) is 0 Å². The van der Waals surface area contributed by atoms with Crippen molar-refractivity contribution in [2.75, 3.05) is 20.2 Å². The first-order valence-electron chi connectivity index (χ1n) is 10.5. The van der Waals surface area contributed by atoms with Crippen LogP contribution < -0.4 is 14.8 Å². The van der Waals surface area contributed by atoms with Crippen LogP contribution in [0.15, 0.2) is 53.4 Å². The van der Waals surface area contributed by atoms with Gasteiger partial charge in [-0.2, -0.15) is 0 Å². The first kappa shape index (κ1) is 24.8. The standard InChI is InChI=1S/C23H33N3O4S/c1-5-30-21-10-12-22(13-11-21)31(28,29)25-15-14-23(27)24-16-19-8-6-7-9-20(19)17-26(4)18(2)3/h6-13,18,25H,5,14-17H2,1-4H3,(H,24,27). The highest BCUT2D eigenvalue weighted by Crippen LogP contribution is 2.16. The second kappa shape index (κ2) is 11.8. The number of hydrogen-bond acceptors (Lipinski definition) is 5. The molecule has 0 aliphatic carbocycles. The summed E-state index contributed by atoms with van der Waals surface area (Å²) in [5.74, 6) is 0.405. The molecular formula is C23H33N3O4S. The Hall–Kier alpha value is -2.42. The van der Waals surface area contributed by atoms with E-state index in [0.717, 1.165) is 17.7 Å². The van der Waals surface area contributed by atoms with E-state index in [4.69, 9.17) is 4.74 Å². The SMILES string of the molecule is CCOc1ccc(S(=O)(=O)NCCC(=O)NCc2ccccc2CN(C)C(C)C)cc1. The number of nitrogens with one attached hydrogen (secondary N) is 2. The molecule has 1 amide bonds. The highest BCUT2D eigenvalue weighted by Gasteiger charge is 2.15. The summed E-state index contributed by atoms with van der Waals surface area (Å²) < 4.78 is 32.5. The maximum atomic E-state index is 12.4. The van der Waals surface area contributed by atoms with Crippen molar-refractivity contribution in [2.24, 2.45) is 0 Å². The van der Waals surface area contributed by atoms with Gasteiger partial charge in [0.2, 0.25) is 15.9 Å². The molecule has 8 heteroatoms. The lowest BCUT2D eigenvalue weighted by Crippen LogP contribution is -2.31. The monoisotopic (exact) mass is 447 g/mol. The quantitative estimate of drug-likeness (QED) is 0.522. The first-order chi connectivity index (χ1) is 14.7. The summed E-state index contributed by atoms with van der Waals surface area (Å²) in [6.45, 7) is 7.88. The molecule has 0 spiro atoms. The maximum Gasteiger partial charge on any atom is 0.240 e. The zero-order chi connectivity index (χ0) is 22.9. The predicted molar refractivity (Wildman–Crippen MR) is 122 cm³/mol. The lowest BCUT2D eigenvalue weighted by atomic mass is 10.1. The third-order valence-electron chi connectivity index (χ3n) is 4.98. The Bertz CT molecular complexity index is 944. The molecule has 2 aromatic rings. The van der Waals surface area contributed by atoms with E-state index in [0.29, 0.717) is 24.9 Å². The molecule has 31 heavy (non-hydrogen) atoms. The minimum Gasteiger partial charge on any atom is -0.494 e. The van der Waals surface area contributed by atoms with E-state index in [1.165, 1.54) is 12.1 Å². The molecule has 0 saturated carbocycles. The van der Waals surface area contributed by atoms with Gasteiger partial charge in [0.25, 0.3) is 0 Å². The van der Waals surface area contributed by atoms with Crippen molar-refractivity contribution in [3.05, 3.63) is 59.7 Å². The number of ether oxygens (including phenoxy) is 1. The van der Waals surface area contributed by atoms with E-state index in [1.54, 1.807) is 12.1 Å². The zero-order valence-corrected chi connectivity index (χ0v) is 19.5. The number of amides is 1. The molecule has 0 aromatic heterocycles. The summed E-state index contributed by atoms with van der Waals surface area (Å²) in [7, 11) is -1.61. The molecule has 2 N–H and O–H groups in total. The molecule has 0 heterocycles. The largest absolute Gasteiger partial charge is 0.494 e. The molecule has 2 rings (SSSR count). The minimum absolute atomic E-state index is 0.0269. The molecule has 0 bridgehead atoms. The van der Waals surface area contributed by atoms with Gasteiger partial charge in [0, 0.05) is 32.1 Å². The molecule has 0 atom stereocenters. The lowest BCUT2D eigenvalue weighted by molar-refractivity contribution is -0.121. The van der Waals surface area contributed by atoms with Crippen LogP contribution in [-0.2, 0) is 27.9 Å². The fourth-order valence-corrected chi connectivity index (χ4v) is 3.91. The molecule has 2 aromatic carbocycles. The van der Waals surface area contributed by atoms with Crippen LogP contribution in [0, 0.1) is 0 Å². The number of carbonyl (C=O) groups excluding carboxylic acids is 1. The molecule has 7 nitrogen and oxygen atoms in total. The molecule has 0 saturated heterocycles. The second-order valence-electron chi connectivity index (χ2n) is 7.61. The average Bonchev–Trinajstić information content (AvgIpc) is 2.73. The van der Waals surface area contributed by atoms with Crippen molar-refractivity contribution in [1.29, 1.82) is 0 Å². The highest BCUT2D eigenvalue weighted by atomic mass is 32.2. The minimum atomic E-state index is -3.67. The highest BCUT2D eigenvalue weighted by molar-refractivity contribution is 7.89. The van der Waals surface area contributed by atoms with Crippen LogP contribution in [0.4, 0.5) is 0 Å². The number of sulfonamides is 1. The molecule has 170 valence electrons. The molecule has 0 aliphatic heterocycles. The van der Waals surface area contributed by atoms with Crippen molar-refractivity contribution >= 4 is 15.9 Å². The van der Waals surface area contributed by atoms with Gasteiger partial charge < -0.3 is 10.1 Å². The summed E-state index contributed by atoms with van der Waals surface area (Å²) in [4.78, 5) is 14.6. The number of benzene rings is 2. The van der Waals surface area contributed by atoms with Gasteiger partial charge in [-0.15, -0.1) is 0 Å². The van der Waals surface area contributed by atoms with E-state index in [9.17, 15) is 13.2 Å². The molecule has 0 fully saturated rings. The fraction of sp³-hybridized carbons (Fsp3) is 0.435. The van der Waals surface area contributed by atoms with Gasteiger partial charge in [0.05, 0.1) is 11.5 Å². The summed E-state index contributed by atoms with van der Waals surface area (Å²) in [6, 6.07) is 14.6. The molecular weight excluding hydrogens is 414 g/mol. The van der Waals surface area contributed by atoms with Crippen LogP contribution in [0.3, 0.4) is 0 Å². The van der Waals surface area contributed by atoms with Gasteiger partial charge in [-0.1, -0.05) is 24.3 Å². The topological polar surface area (TPSA) is 87.7 Å². The van der Waals surface area contributed by atoms with E-state index < -0.39 is 10.0 Å². The van der Waals surface area contributed by atoms with Gasteiger partial charge >= 0.3 is 0 Å². The van der Waals surface area contributed by atoms with Gasteiger partial charge in [-0.25, -0.2) is 13.1 Å². The average molecular weight is 448 g/mol. The normalized spacial score (nSPS) is 11.7. The number of hydrogen-bond donors (Lipinski definition) is 2. The molecule has 0 unspecified atom stereocenters. The molecule has 0 aliphatic rings. The third kappa shape index (κ3) is 7.97. The van der Waals surface area contributed by atoms with E-state index >= 15 is 0 Å². The van der Waals surface area contributed by atoms with Crippen LogP contribution in [-0.4, -0.2) is 45.5 Å². The molecule has 0 radical (unpaired) electrons. The Balaban J connectivity index is 1.83. The van der Waals surface area contributed by atoms with E-state index in [1.807, 2.05) is 25.1 Å². The van der Waals surface area contributed by atoms with Crippen LogP contribution >= 0.6 is 0 Å². The summed E-state index contributed by atoms with van der Waals surface area (Å²) in [6.07, 6.45) is 0.0598. The summed E-state index contributed by atoms with van der Waals surface area (Å²) in [5, 5.41) is 2.88. The van der Waals surface area contributed by atoms with Crippen molar-refractivity contribution in [1.82, 2.24) is 14.9 Å².